The first kappa shape index (κ1) is 29.3. The van der Waals surface area contributed by atoms with Gasteiger partial charge in [0.1, 0.15) is 0 Å². The molecule has 0 atom stereocenters. The Labute approximate surface area is 181 Å². The Kier molecular flexibility index (Phi) is 11.9. The van der Waals surface area contributed by atoms with Crippen molar-refractivity contribution >= 4 is 26.2 Å². The summed E-state index contributed by atoms with van der Waals surface area (Å²) in [5.41, 5.74) is 11.7. The van der Waals surface area contributed by atoms with Crippen LogP contribution in [-0.2, 0) is 25.9 Å². The molecule has 0 aliphatic carbocycles. The van der Waals surface area contributed by atoms with Crippen molar-refractivity contribution in [2.24, 2.45) is 22.3 Å². The molecule has 0 unspecified atom stereocenters. The summed E-state index contributed by atoms with van der Waals surface area (Å²) in [5.74, 6) is 0. The standard InChI is InChI=1S/C18H46N2O6Si3/c1-17(2,15-19)11-13-28(21-5,22-6)25-27(9,10)26-29(23-7,24-8)14-12-18(3,4)16-20/h11-16,19-20H2,1-10H3. The van der Waals surface area contributed by atoms with Gasteiger partial charge in [0.15, 0.2) is 0 Å². The maximum absolute atomic E-state index is 6.50. The lowest BCUT2D eigenvalue weighted by Gasteiger charge is -2.40. The molecular weight excluding hydrogens is 424 g/mol. The van der Waals surface area contributed by atoms with Crippen molar-refractivity contribution in [3.05, 3.63) is 0 Å². The van der Waals surface area contributed by atoms with Crippen LogP contribution in [0.3, 0.4) is 0 Å². The van der Waals surface area contributed by atoms with Crippen molar-refractivity contribution in [2.45, 2.75) is 65.7 Å². The third kappa shape index (κ3) is 9.99. The normalized spacial score (nSPS) is 14.5. The highest BCUT2D eigenvalue weighted by molar-refractivity contribution is 6.82. The van der Waals surface area contributed by atoms with Gasteiger partial charge in [-0.05, 0) is 49.9 Å². The minimum Gasteiger partial charge on any atom is -0.394 e. The summed E-state index contributed by atoms with van der Waals surface area (Å²) in [5, 5.41) is 0. The number of hydrogen-bond donors (Lipinski definition) is 2. The lowest BCUT2D eigenvalue weighted by molar-refractivity contribution is 0.111. The van der Waals surface area contributed by atoms with Crippen LogP contribution < -0.4 is 11.5 Å². The van der Waals surface area contributed by atoms with Gasteiger partial charge in [0.2, 0.25) is 0 Å². The molecule has 29 heavy (non-hydrogen) atoms. The summed E-state index contributed by atoms with van der Waals surface area (Å²) in [4.78, 5) is 0. The quantitative estimate of drug-likeness (QED) is 0.332. The van der Waals surface area contributed by atoms with Gasteiger partial charge >= 0.3 is 26.2 Å². The van der Waals surface area contributed by atoms with Gasteiger partial charge in [-0.3, -0.25) is 0 Å². The molecule has 176 valence electrons. The molecule has 0 radical (unpaired) electrons. The fourth-order valence-corrected chi connectivity index (χ4v) is 14.6. The number of rotatable bonds is 16. The molecule has 0 aromatic rings. The summed E-state index contributed by atoms with van der Waals surface area (Å²) < 4.78 is 36.2. The van der Waals surface area contributed by atoms with Crippen LogP contribution in [0.25, 0.3) is 0 Å². The Morgan fingerprint density at radius 3 is 1.10 bits per heavy atom. The topological polar surface area (TPSA) is 107 Å². The summed E-state index contributed by atoms with van der Waals surface area (Å²) in [6.07, 6.45) is 1.67. The van der Waals surface area contributed by atoms with E-state index in [1.54, 1.807) is 28.4 Å². The van der Waals surface area contributed by atoms with Crippen molar-refractivity contribution < 1.29 is 25.9 Å². The Morgan fingerprint density at radius 2 is 0.897 bits per heavy atom. The molecular formula is C18H46N2O6Si3. The fourth-order valence-electron chi connectivity index (χ4n) is 2.80. The smallest absolute Gasteiger partial charge is 0.394 e. The van der Waals surface area contributed by atoms with Crippen molar-refractivity contribution in [3.8, 4) is 0 Å². The number of nitrogens with two attached hydrogens (primary N) is 2. The molecule has 4 N–H and O–H groups in total. The molecule has 0 spiro atoms. The molecule has 0 saturated carbocycles. The number of hydrogen-bond acceptors (Lipinski definition) is 8. The van der Waals surface area contributed by atoms with Crippen molar-refractivity contribution in [1.29, 1.82) is 0 Å². The van der Waals surface area contributed by atoms with E-state index in [-0.39, 0.29) is 10.8 Å². The molecule has 0 aromatic heterocycles. The highest BCUT2D eigenvalue weighted by atomic mass is 28.5. The Hall–Kier alpha value is 0.331. The second-order valence-corrected chi connectivity index (χ2v) is 19.3. The first-order valence-electron chi connectivity index (χ1n) is 10.2. The minimum atomic E-state index is -2.92. The van der Waals surface area contributed by atoms with Crippen LogP contribution in [-0.4, -0.2) is 67.7 Å². The minimum absolute atomic E-state index is 0.0173. The second-order valence-electron chi connectivity index (χ2n) is 9.52. The average molecular weight is 471 g/mol. The van der Waals surface area contributed by atoms with Crippen LogP contribution >= 0.6 is 0 Å². The molecule has 0 fully saturated rings. The molecule has 0 heterocycles. The summed E-state index contributed by atoms with van der Waals surface area (Å²) in [6.45, 7) is 13.6. The van der Waals surface area contributed by atoms with Gasteiger partial charge in [0.25, 0.3) is 0 Å². The molecule has 0 aromatic carbocycles. The first-order valence-corrected chi connectivity index (χ1v) is 16.9. The van der Waals surface area contributed by atoms with E-state index < -0.39 is 26.2 Å². The zero-order valence-electron chi connectivity index (χ0n) is 20.3. The van der Waals surface area contributed by atoms with Crippen LogP contribution in [0.1, 0.15) is 40.5 Å². The predicted molar refractivity (Wildman–Crippen MR) is 124 cm³/mol. The zero-order chi connectivity index (χ0) is 23.0. The highest BCUT2D eigenvalue weighted by Gasteiger charge is 2.52. The van der Waals surface area contributed by atoms with E-state index in [4.69, 9.17) is 37.4 Å². The monoisotopic (exact) mass is 470 g/mol. The Bertz CT molecular complexity index is 433. The van der Waals surface area contributed by atoms with E-state index in [2.05, 4.69) is 27.7 Å². The highest BCUT2D eigenvalue weighted by Crippen LogP contribution is 2.33. The van der Waals surface area contributed by atoms with E-state index in [1.807, 2.05) is 13.1 Å². The van der Waals surface area contributed by atoms with Crippen LogP contribution in [0.5, 0.6) is 0 Å². The van der Waals surface area contributed by atoms with Gasteiger partial charge < -0.3 is 37.4 Å². The van der Waals surface area contributed by atoms with E-state index >= 15 is 0 Å². The lowest BCUT2D eigenvalue weighted by Crippen LogP contribution is -2.60. The second kappa shape index (κ2) is 11.8. The molecule has 0 amide bonds. The fraction of sp³-hybridized carbons (Fsp3) is 1.00. The Morgan fingerprint density at radius 1 is 0.621 bits per heavy atom. The van der Waals surface area contributed by atoms with Crippen LogP contribution in [0.15, 0.2) is 0 Å². The predicted octanol–water partition coefficient (Wildman–Crippen LogP) is 2.93. The van der Waals surface area contributed by atoms with Gasteiger partial charge in [0, 0.05) is 40.5 Å². The van der Waals surface area contributed by atoms with E-state index in [1.165, 1.54) is 0 Å². The van der Waals surface area contributed by atoms with Crippen LogP contribution in [0.2, 0.25) is 25.2 Å². The zero-order valence-corrected chi connectivity index (χ0v) is 23.3. The maximum atomic E-state index is 6.50. The third-order valence-electron chi connectivity index (χ3n) is 5.37. The largest absolute Gasteiger partial charge is 0.491 e. The Balaban J connectivity index is 5.41. The molecule has 0 saturated heterocycles. The first-order chi connectivity index (χ1) is 13.2. The molecule has 0 rings (SSSR count). The van der Waals surface area contributed by atoms with Gasteiger partial charge in [-0.25, -0.2) is 0 Å². The van der Waals surface area contributed by atoms with E-state index in [9.17, 15) is 0 Å². The summed E-state index contributed by atoms with van der Waals surface area (Å²) in [6, 6.07) is 1.33. The van der Waals surface area contributed by atoms with Gasteiger partial charge in [0.05, 0.1) is 0 Å². The molecule has 0 aliphatic rings. The average Bonchev–Trinajstić information content (AvgIpc) is 2.68. The molecule has 0 aliphatic heterocycles. The van der Waals surface area contributed by atoms with E-state index in [0.29, 0.717) is 25.2 Å². The van der Waals surface area contributed by atoms with Crippen molar-refractivity contribution in [2.75, 3.05) is 41.5 Å². The van der Waals surface area contributed by atoms with Crippen molar-refractivity contribution in [1.82, 2.24) is 0 Å². The van der Waals surface area contributed by atoms with Gasteiger partial charge in [-0.2, -0.15) is 0 Å². The summed E-state index contributed by atoms with van der Waals surface area (Å²) in [7, 11) is -2.02. The molecule has 11 heteroatoms. The van der Waals surface area contributed by atoms with Crippen molar-refractivity contribution in [3.63, 3.8) is 0 Å². The van der Waals surface area contributed by atoms with Gasteiger partial charge in [-0.15, -0.1) is 0 Å². The van der Waals surface area contributed by atoms with E-state index in [0.717, 1.165) is 12.8 Å². The van der Waals surface area contributed by atoms with Gasteiger partial charge in [-0.1, -0.05) is 27.7 Å². The lowest BCUT2D eigenvalue weighted by atomic mass is 9.91. The SMILES string of the molecule is CO[Si](CCC(C)(C)CN)(OC)O[Si](C)(C)O[Si](CCC(C)(C)CN)(OC)OC. The molecule has 8 nitrogen and oxygen atoms in total. The maximum Gasteiger partial charge on any atom is 0.491 e. The van der Waals surface area contributed by atoms with Crippen LogP contribution in [0.4, 0.5) is 0 Å². The van der Waals surface area contributed by atoms with Crippen LogP contribution in [0, 0.1) is 10.8 Å². The summed E-state index contributed by atoms with van der Waals surface area (Å²) >= 11 is 0. The third-order valence-corrected chi connectivity index (χ3v) is 16.0. The molecule has 0 bridgehead atoms.